The molecule has 3 rings (SSSR count). The summed E-state index contributed by atoms with van der Waals surface area (Å²) in [6.45, 7) is 1.86. The summed E-state index contributed by atoms with van der Waals surface area (Å²) in [4.78, 5) is 0.140. The molecule has 152 valence electrons. The third kappa shape index (κ3) is 4.42. The van der Waals surface area contributed by atoms with E-state index in [1.54, 1.807) is 30.3 Å². The molecule has 1 unspecified atom stereocenters. The first-order valence-corrected chi connectivity index (χ1v) is 11.0. The van der Waals surface area contributed by atoms with Crippen LogP contribution in [-0.4, -0.2) is 24.3 Å². The number of nitrogen functional groups attached to an aromatic ring is 1. The summed E-state index contributed by atoms with van der Waals surface area (Å²) >= 11 is -2.50. The Kier molecular flexibility index (Phi) is 5.92. The van der Waals surface area contributed by atoms with E-state index in [0.717, 1.165) is 5.56 Å². The molecule has 0 aromatic heterocycles. The van der Waals surface area contributed by atoms with Crippen LogP contribution >= 0.6 is 0 Å². The monoisotopic (exact) mass is 431 g/mol. The van der Waals surface area contributed by atoms with Crippen molar-refractivity contribution in [3.63, 3.8) is 0 Å². The summed E-state index contributed by atoms with van der Waals surface area (Å²) in [6, 6.07) is 15.6. The van der Waals surface area contributed by atoms with Gasteiger partial charge in [0.15, 0.2) is 0 Å². The van der Waals surface area contributed by atoms with Gasteiger partial charge in [-0.2, -0.15) is 0 Å². The van der Waals surface area contributed by atoms with Crippen molar-refractivity contribution in [2.75, 3.05) is 17.6 Å². The van der Waals surface area contributed by atoms with Crippen LogP contribution in [0, 0.1) is 6.92 Å². The number of rotatable bonds is 6. The number of aryl methyl sites for hydroxylation is 1. The summed E-state index contributed by atoms with van der Waals surface area (Å²) < 4.78 is 56.5. The van der Waals surface area contributed by atoms with Crippen LogP contribution in [0.5, 0.6) is 5.75 Å². The van der Waals surface area contributed by atoms with Gasteiger partial charge in [-0.05, 0) is 47.8 Å². The molecule has 0 aliphatic carbocycles. The number of anilines is 2. The van der Waals surface area contributed by atoms with Crippen molar-refractivity contribution in [2.45, 2.75) is 16.7 Å². The summed E-state index contributed by atoms with van der Waals surface area (Å²) in [5, 5.41) is 0. The van der Waals surface area contributed by atoms with Crippen molar-refractivity contribution in [3.05, 3.63) is 66.2 Å². The van der Waals surface area contributed by atoms with Crippen LogP contribution < -0.4 is 15.2 Å². The average Bonchev–Trinajstić information content (AvgIpc) is 2.69. The Morgan fingerprint density at radius 2 is 1.69 bits per heavy atom. The second kappa shape index (κ2) is 8.24. The van der Waals surface area contributed by atoms with Gasteiger partial charge in [0, 0.05) is 16.5 Å². The molecule has 0 amide bonds. The maximum absolute atomic E-state index is 12.7. The number of methoxy groups -OCH3 is 1. The lowest BCUT2D eigenvalue weighted by molar-refractivity contribution is 0.417. The number of hydrogen-bond donors (Lipinski definition) is 2. The van der Waals surface area contributed by atoms with E-state index < -0.39 is 21.1 Å². The Morgan fingerprint density at radius 1 is 1.03 bits per heavy atom. The van der Waals surface area contributed by atoms with Gasteiger partial charge in [-0.1, -0.05) is 35.9 Å². The molecule has 0 radical (unpaired) electrons. The van der Waals surface area contributed by atoms with Crippen molar-refractivity contribution in [3.8, 4) is 16.9 Å². The van der Waals surface area contributed by atoms with Crippen molar-refractivity contribution in [1.82, 2.24) is 0 Å². The number of benzene rings is 3. The van der Waals surface area contributed by atoms with E-state index >= 15 is 0 Å². The second-order valence-electron chi connectivity index (χ2n) is 6.29. The van der Waals surface area contributed by atoms with Crippen LogP contribution in [0.25, 0.3) is 11.1 Å². The lowest BCUT2D eigenvalue weighted by atomic mass is 10.0. The molecule has 7 nitrogen and oxygen atoms in total. The van der Waals surface area contributed by atoms with E-state index in [9.17, 15) is 17.2 Å². The third-order valence-electron chi connectivity index (χ3n) is 4.30. The molecular formula is C20H19N2O5S2-. The number of nitrogens with two attached hydrogens (primary N) is 1. The van der Waals surface area contributed by atoms with Crippen LogP contribution in [0.2, 0.25) is 0 Å². The quantitative estimate of drug-likeness (QED) is 0.456. The third-order valence-corrected chi connectivity index (χ3v) is 6.41. The maximum atomic E-state index is 12.7. The highest BCUT2D eigenvalue weighted by atomic mass is 32.2. The predicted molar refractivity (Wildman–Crippen MR) is 112 cm³/mol. The highest BCUT2D eigenvalue weighted by molar-refractivity contribution is 7.92. The molecule has 0 saturated carbocycles. The Labute approximate surface area is 171 Å². The summed E-state index contributed by atoms with van der Waals surface area (Å²) in [5.41, 5.74) is 8.16. The van der Waals surface area contributed by atoms with E-state index in [-0.39, 0.29) is 26.9 Å². The minimum atomic E-state index is -3.86. The standard InChI is InChI=1S/C20H20N2O5S2/c1-13-7-9-15(10-8-13)29(25,26)22-14-11-17(20(21)18(12-14)27-2)16-5-3-4-6-19(16)28(23)24/h3-12,22H,21H2,1-2H3,(H,23,24)/p-1. The van der Waals surface area contributed by atoms with Crippen LogP contribution in [-0.2, 0) is 21.1 Å². The number of hydrogen-bond acceptors (Lipinski definition) is 6. The molecule has 0 bridgehead atoms. The normalized spacial score (nSPS) is 12.4. The fraction of sp³-hybridized carbons (Fsp3) is 0.100. The van der Waals surface area contributed by atoms with Gasteiger partial charge in [0.1, 0.15) is 5.75 Å². The zero-order chi connectivity index (χ0) is 21.2. The number of nitrogens with one attached hydrogen (secondary N) is 1. The largest absolute Gasteiger partial charge is 0.768 e. The number of sulfonamides is 1. The minimum absolute atomic E-state index is 0.0415. The highest BCUT2D eigenvalue weighted by Gasteiger charge is 2.18. The highest BCUT2D eigenvalue weighted by Crippen LogP contribution is 2.39. The Bertz CT molecular complexity index is 1180. The summed E-state index contributed by atoms with van der Waals surface area (Å²) in [7, 11) is -2.47. The van der Waals surface area contributed by atoms with Crippen molar-refractivity contribution in [2.24, 2.45) is 0 Å². The van der Waals surface area contributed by atoms with Gasteiger partial charge >= 0.3 is 0 Å². The van der Waals surface area contributed by atoms with Crippen molar-refractivity contribution < 1.29 is 21.9 Å². The Hall–Kier alpha value is -2.88. The van der Waals surface area contributed by atoms with E-state index in [4.69, 9.17) is 10.5 Å². The van der Waals surface area contributed by atoms with Crippen LogP contribution in [0.15, 0.2) is 70.5 Å². The molecule has 0 saturated heterocycles. The fourth-order valence-electron chi connectivity index (χ4n) is 2.84. The Balaban J connectivity index is 2.12. The molecular weight excluding hydrogens is 412 g/mol. The van der Waals surface area contributed by atoms with Gasteiger partial charge in [-0.3, -0.25) is 8.93 Å². The van der Waals surface area contributed by atoms with Gasteiger partial charge in [0.05, 0.1) is 23.4 Å². The molecule has 1 atom stereocenters. The van der Waals surface area contributed by atoms with Crippen molar-refractivity contribution >= 4 is 32.5 Å². The van der Waals surface area contributed by atoms with Crippen LogP contribution in [0.1, 0.15) is 5.56 Å². The smallest absolute Gasteiger partial charge is 0.261 e. The minimum Gasteiger partial charge on any atom is -0.768 e. The van der Waals surface area contributed by atoms with E-state index in [2.05, 4.69) is 4.72 Å². The first-order valence-electron chi connectivity index (χ1n) is 8.48. The number of ether oxygens (including phenoxy) is 1. The van der Waals surface area contributed by atoms with Gasteiger partial charge in [0.2, 0.25) is 0 Å². The molecule has 29 heavy (non-hydrogen) atoms. The fourth-order valence-corrected chi connectivity index (χ4v) is 4.43. The first kappa shape index (κ1) is 20.8. The van der Waals surface area contributed by atoms with Gasteiger partial charge in [-0.15, -0.1) is 0 Å². The molecule has 9 heteroatoms. The average molecular weight is 432 g/mol. The molecule has 0 fully saturated rings. The van der Waals surface area contributed by atoms with Crippen LogP contribution in [0.3, 0.4) is 0 Å². The SMILES string of the molecule is COc1cc(NS(=O)(=O)c2ccc(C)cc2)cc(-c2ccccc2S(=O)[O-])c1N. The summed E-state index contributed by atoms with van der Waals surface area (Å²) in [5.74, 6) is 0.218. The Morgan fingerprint density at radius 3 is 2.31 bits per heavy atom. The van der Waals surface area contributed by atoms with E-state index in [0.29, 0.717) is 11.1 Å². The van der Waals surface area contributed by atoms with Gasteiger partial charge in [-0.25, -0.2) is 8.42 Å². The summed E-state index contributed by atoms with van der Waals surface area (Å²) in [6.07, 6.45) is 0. The molecule has 0 spiro atoms. The second-order valence-corrected chi connectivity index (χ2v) is 8.88. The first-order chi connectivity index (χ1) is 13.7. The molecule has 3 aromatic carbocycles. The maximum Gasteiger partial charge on any atom is 0.261 e. The zero-order valence-corrected chi connectivity index (χ0v) is 17.3. The predicted octanol–water partition coefficient (Wildman–Crippen LogP) is 3.29. The molecule has 0 heterocycles. The van der Waals surface area contributed by atoms with Crippen molar-refractivity contribution in [1.29, 1.82) is 0 Å². The molecule has 0 aliphatic heterocycles. The molecule has 3 aromatic rings. The zero-order valence-electron chi connectivity index (χ0n) is 15.7. The van der Waals surface area contributed by atoms with Gasteiger partial charge in [0.25, 0.3) is 10.0 Å². The van der Waals surface area contributed by atoms with E-state index in [1.165, 1.54) is 37.4 Å². The molecule has 3 N–H and O–H groups in total. The topological polar surface area (TPSA) is 122 Å². The molecule has 0 aliphatic rings. The van der Waals surface area contributed by atoms with Crippen LogP contribution in [0.4, 0.5) is 11.4 Å². The van der Waals surface area contributed by atoms with E-state index in [1.807, 2.05) is 6.92 Å². The van der Waals surface area contributed by atoms with Gasteiger partial charge < -0.3 is 15.0 Å². The lowest BCUT2D eigenvalue weighted by Crippen LogP contribution is -2.13. The lowest BCUT2D eigenvalue weighted by Gasteiger charge is -2.18.